The molecule has 0 saturated carbocycles. The van der Waals surface area contributed by atoms with Crippen molar-refractivity contribution in [1.29, 1.82) is 0 Å². The molecule has 0 bridgehead atoms. The van der Waals surface area contributed by atoms with E-state index in [2.05, 4.69) is 37.6 Å². The lowest BCUT2D eigenvalue weighted by Crippen LogP contribution is -2.39. The number of hydrogen-bond donors (Lipinski definition) is 1. The molecule has 5 heteroatoms. The first-order valence-corrected chi connectivity index (χ1v) is 8.60. The van der Waals surface area contributed by atoms with Crippen LogP contribution in [0.4, 0.5) is 0 Å². The number of carbonyl (C=O) groups is 1. The summed E-state index contributed by atoms with van der Waals surface area (Å²) >= 11 is 1.79. The molecule has 3 atom stereocenters. The van der Waals surface area contributed by atoms with Crippen molar-refractivity contribution in [3.8, 4) is 0 Å². The molecule has 2 heterocycles. The molecule has 0 aliphatic carbocycles. The van der Waals surface area contributed by atoms with Crippen molar-refractivity contribution in [3.63, 3.8) is 0 Å². The minimum absolute atomic E-state index is 0.252. The number of hydrogen-bond acceptors (Lipinski definition) is 4. The van der Waals surface area contributed by atoms with Gasteiger partial charge in [-0.05, 0) is 52.0 Å². The normalized spacial score (nSPS) is 23.0. The molecule has 1 fully saturated rings. The van der Waals surface area contributed by atoms with Crippen molar-refractivity contribution in [2.45, 2.75) is 53.0 Å². The predicted octanol–water partition coefficient (Wildman–Crippen LogP) is 3.64. The van der Waals surface area contributed by atoms with Gasteiger partial charge in [-0.1, -0.05) is 6.92 Å². The Kier molecular flexibility index (Phi) is 5.38. The molecule has 1 aromatic heterocycles. The van der Waals surface area contributed by atoms with Gasteiger partial charge in [-0.15, -0.1) is 11.3 Å². The predicted molar refractivity (Wildman–Crippen MR) is 85.7 cm³/mol. The van der Waals surface area contributed by atoms with Crippen LogP contribution < -0.4 is 0 Å². The highest BCUT2D eigenvalue weighted by atomic mass is 32.1. The maximum absolute atomic E-state index is 10.9. The van der Waals surface area contributed by atoms with Crippen LogP contribution in [0.3, 0.4) is 0 Å². The van der Waals surface area contributed by atoms with Crippen molar-refractivity contribution in [2.24, 2.45) is 11.8 Å². The third-order valence-corrected chi connectivity index (χ3v) is 5.90. The molecule has 3 unspecified atom stereocenters. The maximum atomic E-state index is 10.9. The van der Waals surface area contributed by atoms with Gasteiger partial charge in [-0.2, -0.15) is 0 Å². The number of thiazole rings is 1. The quantitative estimate of drug-likeness (QED) is 0.902. The molecule has 4 nitrogen and oxygen atoms in total. The fraction of sp³-hybridized carbons (Fsp3) is 0.750. The van der Waals surface area contributed by atoms with Crippen LogP contribution >= 0.6 is 11.3 Å². The number of likely N-dealkylation sites (tertiary alicyclic amines) is 1. The summed E-state index contributed by atoms with van der Waals surface area (Å²) < 4.78 is 0. The molecule has 0 radical (unpaired) electrons. The van der Waals surface area contributed by atoms with Crippen molar-refractivity contribution >= 4 is 17.3 Å². The van der Waals surface area contributed by atoms with Gasteiger partial charge in [0.15, 0.2) is 0 Å². The lowest BCUT2D eigenvalue weighted by atomic mass is 9.84. The lowest BCUT2D eigenvalue weighted by Gasteiger charge is -2.38. The Morgan fingerprint density at radius 2 is 2.19 bits per heavy atom. The van der Waals surface area contributed by atoms with Crippen molar-refractivity contribution in [3.05, 3.63) is 15.6 Å². The van der Waals surface area contributed by atoms with E-state index in [4.69, 9.17) is 5.11 Å². The van der Waals surface area contributed by atoms with Crippen LogP contribution in [-0.4, -0.2) is 34.0 Å². The number of carboxylic acids is 1. The molecule has 0 amide bonds. The highest BCUT2D eigenvalue weighted by Crippen LogP contribution is 2.34. The largest absolute Gasteiger partial charge is 0.481 e. The SMILES string of the molecule is Cc1nc(C)c(C(C)N2CCCC(C(C)CC(=O)O)C2)s1. The van der Waals surface area contributed by atoms with E-state index in [0.717, 1.165) is 36.6 Å². The third-order valence-electron chi connectivity index (χ3n) is 4.66. The summed E-state index contributed by atoms with van der Waals surface area (Å²) in [5.74, 6) is 0.0648. The number of aromatic nitrogens is 1. The second kappa shape index (κ2) is 6.88. The zero-order valence-corrected chi connectivity index (χ0v) is 14.2. The van der Waals surface area contributed by atoms with E-state index in [-0.39, 0.29) is 12.3 Å². The number of nitrogens with zero attached hydrogens (tertiary/aromatic N) is 2. The van der Waals surface area contributed by atoms with E-state index in [1.807, 2.05) is 0 Å². The van der Waals surface area contributed by atoms with Crippen LogP contribution in [0, 0.1) is 25.7 Å². The van der Waals surface area contributed by atoms with Gasteiger partial charge in [-0.25, -0.2) is 4.98 Å². The minimum Gasteiger partial charge on any atom is -0.481 e. The summed E-state index contributed by atoms with van der Waals surface area (Å²) in [6.45, 7) is 10.6. The number of rotatable bonds is 5. The first-order valence-electron chi connectivity index (χ1n) is 7.78. The fourth-order valence-corrected chi connectivity index (χ4v) is 4.41. The van der Waals surface area contributed by atoms with Crippen LogP contribution in [0.5, 0.6) is 0 Å². The Morgan fingerprint density at radius 1 is 1.48 bits per heavy atom. The van der Waals surface area contributed by atoms with Gasteiger partial charge < -0.3 is 5.11 Å². The second-order valence-corrected chi connectivity index (χ2v) is 7.57. The minimum atomic E-state index is -0.679. The maximum Gasteiger partial charge on any atom is 0.303 e. The summed E-state index contributed by atoms with van der Waals surface area (Å²) in [6.07, 6.45) is 2.60. The molecule has 1 aromatic rings. The van der Waals surface area contributed by atoms with E-state index in [1.165, 1.54) is 4.88 Å². The highest BCUT2D eigenvalue weighted by molar-refractivity contribution is 7.11. The average molecular weight is 310 g/mol. The molecular formula is C16H26N2O2S. The molecule has 2 rings (SSSR count). The molecule has 118 valence electrons. The highest BCUT2D eigenvalue weighted by Gasteiger charge is 2.29. The van der Waals surface area contributed by atoms with Gasteiger partial charge in [0.1, 0.15) is 0 Å². The Bertz CT molecular complexity index is 500. The lowest BCUT2D eigenvalue weighted by molar-refractivity contribution is -0.138. The molecule has 21 heavy (non-hydrogen) atoms. The number of piperidine rings is 1. The molecule has 0 spiro atoms. The van der Waals surface area contributed by atoms with Gasteiger partial charge in [0.25, 0.3) is 0 Å². The molecule has 1 aliphatic rings. The molecule has 0 aromatic carbocycles. The van der Waals surface area contributed by atoms with E-state index < -0.39 is 5.97 Å². The number of carboxylic acid groups (broad SMARTS) is 1. The molecule has 1 aliphatic heterocycles. The Labute approximate surface area is 131 Å². The molecular weight excluding hydrogens is 284 g/mol. The first kappa shape index (κ1) is 16.4. The van der Waals surface area contributed by atoms with Crippen LogP contribution in [-0.2, 0) is 4.79 Å². The summed E-state index contributed by atoms with van der Waals surface area (Å²) in [7, 11) is 0. The van der Waals surface area contributed by atoms with Crippen LogP contribution in [0.25, 0.3) is 0 Å². The van der Waals surface area contributed by atoms with Crippen molar-refractivity contribution in [1.82, 2.24) is 9.88 Å². The summed E-state index contributed by atoms with van der Waals surface area (Å²) in [5, 5.41) is 10.1. The first-order chi connectivity index (χ1) is 9.88. The monoisotopic (exact) mass is 310 g/mol. The van der Waals surface area contributed by atoms with Crippen LogP contribution in [0.2, 0.25) is 0 Å². The van der Waals surface area contributed by atoms with E-state index in [9.17, 15) is 4.79 Å². The van der Waals surface area contributed by atoms with Gasteiger partial charge >= 0.3 is 5.97 Å². The summed E-state index contributed by atoms with van der Waals surface area (Å²) in [5.41, 5.74) is 1.14. The Balaban J connectivity index is 2.03. The topological polar surface area (TPSA) is 53.4 Å². The average Bonchev–Trinajstić information content (AvgIpc) is 2.76. The van der Waals surface area contributed by atoms with Crippen molar-refractivity contribution in [2.75, 3.05) is 13.1 Å². The van der Waals surface area contributed by atoms with E-state index in [1.54, 1.807) is 11.3 Å². The van der Waals surface area contributed by atoms with Crippen LogP contribution in [0.1, 0.15) is 54.7 Å². The van der Waals surface area contributed by atoms with Crippen LogP contribution in [0.15, 0.2) is 0 Å². The second-order valence-electron chi connectivity index (χ2n) is 6.33. The third kappa shape index (κ3) is 4.04. The number of aryl methyl sites for hydroxylation is 2. The van der Waals surface area contributed by atoms with E-state index >= 15 is 0 Å². The molecule has 1 saturated heterocycles. The van der Waals surface area contributed by atoms with Gasteiger partial charge in [0.05, 0.1) is 10.7 Å². The number of aliphatic carboxylic acids is 1. The smallest absolute Gasteiger partial charge is 0.303 e. The zero-order valence-electron chi connectivity index (χ0n) is 13.4. The zero-order chi connectivity index (χ0) is 15.6. The summed E-state index contributed by atoms with van der Waals surface area (Å²) in [4.78, 5) is 19.3. The fourth-order valence-electron chi connectivity index (χ4n) is 3.40. The van der Waals surface area contributed by atoms with Gasteiger partial charge in [0, 0.05) is 23.9 Å². The Hall–Kier alpha value is -0.940. The van der Waals surface area contributed by atoms with Crippen molar-refractivity contribution < 1.29 is 9.90 Å². The summed E-state index contributed by atoms with van der Waals surface area (Å²) in [6, 6.07) is 0.385. The van der Waals surface area contributed by atoms with Gasteiger partial charge in [0.2, 0.25) is 0 Å². The Morgan fingerprint density at radius 3 is 2.76 bits per heavy atom. The van der Waals surface area contributed by atoms with E-state index in [0.29, 0.717) is 12.0 Å². The molecule has 1 N–H and O–H groups in total. The van der Waals surface area contributed by atoms with Gasteiger partial charge in [-0.3, -0.25) is 9.69 Å². The standard InChI is InChI=1S/C16H26N2O2S/c1-10(8-15(19)20)14-6-5-7-18(9-14)12(3)16-11(2)17-13(4)21-16/h10,12,14H,5-9H2,1-4H3,(H,19,20).